The molecule has 1 aromatic rings. The van der Waals surface area contributed by atoms with E-state index in [2.05, 4.69) is 56.3 Å². The fraction of sp³-hybridized carbons (Fsp3) is 0.286. The first-order chi connectivity index (χ1) is 6.86. The molecule has 74 valence electrons. The second-order valence-corrected chi connectivity index (χ2v) is 3.36. The van der Waals surface area contributed by atoms with Gasteiger partial charge in [-0.15, -0.1) is 0 Å². The molecule has 14 heavy (non-hydrogen) atoms. The Labute approximate surface area is 87.0 Å². The van der Waals surface area contributed by atoms with Crippen LogP contribution in [0.15, 0.2) is 48.1 Å². The smallest absolute Gasteiger partial charge is 0.0257 e. The summed E-state index contributed by atoms with van der Waals surface area (Å²) in [6, 6.07) is 10.4. The second kappa shape index (κ2) is 6.20. The van der Waals surface area contributed by atoms with Gasteiger partial charge in [-0.3, -0.25) is 0 Å². The maximum absolute atomic E-state index is 2.21. The highest BCUT2D eigenvalue weighted by atomic mass is 13.9. The van der Waals surface area contributed by atoms with Gasteiger partial charge in [-0.05, 0) is 18.9 Å². The molecule has 0 aliphatic heterocycles. The van der Waals surface area contributed by atoms with Gasteiger partial charge in [0.15, 0.2) is 0 Å². The van der Waals surface area contributed by atoms with E-state index in [4.69, 9.17) is 0 Å². The van der Waals surface area contributed by atoms with E-state index in [-0.39, 0.29) is 0 Å². The predicted octanol–water partition coefficient (Wildman–Crippen LogP) is 4.45. The van der Waals surface area contributed by atoms with Gasteiger partial charge in [0.2, 0.25) is 0 Å². The molecule has 0 heterocycles. The van der Waals surface area contributed by atoms with Gasteiger partial charge in [-0.25, -0.2) is 0 Å². The lowest BCUT2D eigenvalue weighted by molar-refractivity contribution is 0.925. The minimum absolute atomic E-state index is 1.17. The molecule has 0 unspecified atom stereocenters. The maximum atomic E-state index is 2.21. The van der Waals surface area contributed by atoms with E-state index in [0.717, 1.165) is 0 Å². The molecular formula is C14H18. The molecule has 1 aromatic carbocycles. The molecule has 0 bridgehead atoms. The van der Waals surface area contributed by atoms with E-state index in [9.17, 15) is 0 Å². The summed E-state index contributed by atoms with van der Waals surface area (Å²) < 4.78 is 0. The zero-order chi connectivity index (χ0) is 10.2. The van der Waals surface area contributed by atoms with E-state index >= 15 is 0 Å². The van der Waals surface area contributed by atoms with Crippen LogP contribution < -0.4 is 0 Å². The van der Waals surface area contributed by atoms with E-state index in [1.807, 2.05) is 6.07 Å². The van der Waals surface area contributed by atoms with Crippen LogP contribution in [0.5, 0.6) is 0 Å². The Morgan fingerprint density at radius 1 is 1.21 bits per heavy atom. The summed E-state index contributed by atoms with van der Waals surface area (Å²) in [6.45, 7) is 4.31. The van der Waals surface area contributed by atoms with Crippen LogP contribution in [0.1, 0.15) is 32.3 Å². The monoisotopic (exact) mass is 186 g/mol. The van der Waals surface area contributed by atoms with Crippen LogP contribution in [-0.2, 0) is 0 Å². The molecule has 0 aromatic heterocycles. The summed E-state index contributed by atoms with van der Waals surface area (Å²) in [7, 11) is 0. The highest BCUT2D eigenvalue weighted by molar-refractivity contribution is 5.52. The summed E-state index contributed by atoms with van der Waals surface area (Å²) in [5.41, 5.74) is 2.68. The van der Waals surface area contributed by atoms with Crippen LogP contribution in [0.2, 0.25) is 0 Å². The van der Waals surface area contributed by atoms with Gasteiger partial charge in [-0.1, -0.05) is 67.5 Å². The standard InChI is InChI=1S/C14H18/c1-3-8-13(4-2)11-12-14-9-6-5-7-10-14/h4-7,9-12H,3,8H2,1-2H3. The number of hydrogen-bond donors (Lipinski definition) is 0. The minimum Gasteiger partial charge on any atom is -0.0844 e. The van der Waals surface area contributed by atoms with Crippen LogP contribution in [0.4, 0.5) is 0 Å². The molecule has 0 fully saturated rings. The first-order valence-corrected chi connectivity index (χ1v) is 5.25. The van der Waals surface area contributed by atoms with Gasteiger partial charge < -0.3 is 0 Å². The van der Waals surface area contributed by atoms with Crippen molar-refractivity contribution in [3.63, 3.8) is 0 Å². The van der Waals surface area contributed by atoms with E-state index in [1.54, 1.807) is 0 Å². The molecule has 0 heteroatoms. The lowest BCUT2D eigenvalue weighted by Crippen LogP contribution is -1.76. The van der Waals surface area contributed by atoms with Gasteiger partial charge in [0, 0.05) is 0 Å². The van der Waals surface area contributed by atoms with Crippen molar-refractivity contribution < 1.29 is 0 Å². The molecule has 0 amide bonds. The summed E-state index contributed by atoms with van der Waals surface area (Å²) in [4.78, 5) is 0. The Balaban J connectivity index is 2.63. The summed E-state index contributed by atoms with van der Waals surface area (Å²) >= 11 is 0. The molecule has 0 atom stereocenters. The average Bonchev–Trinajstić information content (AvgIpc) is 2.25. The van der Waals surface area contributed by atoms with Crippen molar-refractivity contribution in [2.45, 2.75) is 26.7 Å². The van der Waals surface area contributed by atoms with Crippen molar-refractivity contribution in [2.24, 2.45) is 0 Å². The molecule has 0 saturated heterocycles. The highest BCUT2D eigenvalue weighted by Gasteiger charge is 1.88. The SMILES string of the molecule is CC=C(C=Cc1ccccc1)CCC. The van der Waals surface area contributed by atoms with Crippen LogP contribution in [0.25, 0.3) is 6.08 Å². The van der Waals surface area contributed by atoms with Crippen molar-refractivity contribution in [3.8, 4) is 0 Å². The predicted molar refractivity (Wildman–Crippen MR) is 64.1 cm³/mol. The molecule has 0 radical (unpaired) electrons. The van der Waals surface area contributed by atoms with Crippen molar-refractivity contribution in [1.82, 2.24) is 0 Å². The third kappa shape index (κ3) is 3.61. The van der Waals surface area contributed by atoms with Gasteiger partial charge in [0.1, 0.15) is 0 Å². The summed E-state index contributed by atoms with van der Waals surface area (Å²) in [5.74, 6) is 0. The quantitative estimate of drug-likeness (QED) is 0.609. The average molecular weight is 186 g/mol. The normalized spacial score (nSPS) is 12.3. The van der Waals surface area contributed by atoms with Crippen LogP contribution >= 0.6 is 0 Å². The van der Waals surface area contributed by atoms with E-state index in [1.165, 1.54) is 24.0 Å². The fourth-order valence-electron chi connectivity index (χ4n) is 1.38. The van der Waals surface area contributed by atoms with E-state index in [0.29, 0.717) is 0 Å². The Morgan fingerprint density at radius 2 is 1.93 bits per heavy atom. The Morgan fingerprint density at radius 3 is 2.50 bits per heavy atom. The van der Waals surface area contributed by atoms with Crippen molar-refractivity contribution in [2.75, 3.05) is 0 Å². The topological polar surface area (TPSA) is 0 Å². The van der Waals surface area contributed by atoms with Crippen LogP contribution in [-0.4, -0.2) is 0 Å². The maximum Gasteiger partial charge on any atom is -0.0257 e. The Hall–Kier alpha value is -1.30. The molecule has 0 saturated carbocycles. The molecular weight excluding hydrogens is 168 g/mol. The lowest BCUT2D eigenvalue weighted by atomic mass is 10.1. The summed E-state index contributed by atoms with van der Waals surface area (Å²) in [5, 5.41) is 0. The third-order valence-electron chi connectivity index (χ3n) is 2.20. The van der Waals surface area contributed by atoms with Gasteiger partial charge >= 0.3 is 0 Å². The molecule has 0 aliphatic carbocycles. The van der Waals surface area contributed by atoms with Crippen molar-refractivity contribution in [3.05, 3.63) is 53.6 Å². The molecule has 0 nitrogen and oxygen atoms in total. The Kier molecular flexibility index (Phi) is 4.77. The van der Waals surface area contributed by atoms with Crippen molar-refractivity contribution in [1.29, 1.82) is 0 Å². The number of allylic oxidation sites excluding steroid dienone is 3. The molecule has 0 spiro atoms. The molecule has 1 rings (SSSR count). The number of rotatable bonds is 4. The largest absolute Gasteiger partial charge is 0.0844 e. The molecule has 0 aliphatic rings. The second-order valence-electron chi connectivity index (χ2n) is 3.36. The van der Waals surface area contributed by atoms with Crippen LogP contribution in [0, 0.1) is 0 Å². The third-order valence-corrected chi connectivity index (χ3v) is 2.20. The number of benzene rings is 1. The highest BCUT2D eigenvalue weighted by Crippen LogP contribution is 2.09. The van der Waals surface area contributed by atoms with Crippen LogP contribution in [0.3, 0.4) is 0 Å². The fourth-order valence-corrected chi connectivity index (χ4v) is 1.38. The zero-order valence-electron chi connectivity index (χ0n) is 9.03. The first kappa shape index (κ1) is 10.8. The minimum atomic E-state index is 1.17. The van der Waals surface area contributed by atoms with Gasteiger partial charge in [-0.2, -0.15) is 0 Å². The van der Waals surface area contributed by atoms with Crippen molar-refractivity contribution >= 4 is 6.08 Å². The Bertz CT molecular complexity index is 304. The van der Waals surface area contributed by atoms with E-state index < -0.39 is 0 Å². The lowest BCUT2D eigenvalue weighted by Gasteiger charge is -1.97. The summed E-state index contributed by atoms with van der Waals surface area (Å²) in [6.07, 6.45) is 8.94. The zero-order valence-corrected chi connectivity index (χ0v) is 9.03. The van der Waals surface area contributed by atoms with Gasteiger partial charge in [0.05, 0.1) is 0 Å². The first-order valence-electron chi connectivity index (χ1n) is 5.25. The number of hydrogen-bond acceptors (Lipinski definition) is 0. The molecule has 0 N–H and O–H groups in total. The van der Waals surface area contributed by atoms with Gasteiger partial charge in [0.25, 0.3) is 0 Å².